The first-order chi connectivity index (χ1) is 6.36. The Hall–Kier alpha value is -1.57. The largest absolute Gasteiger partial charge is 0.469 e. The van der Waals surface area contributed by atoms with Crippen LogP contribution in [0.15, 0.2) is 47.1 Å². The summed E-state index contributed by atoms with van der Waals surface area (Å²) in [4.78, 5) is 0. The molecule has 0 saturated heterocycles. The number of benzene rings is 1. The summed E-state index contributed by atoms with van der Waals surface area (Å²) in [5.74, 6) is 0.601. The van der Waals surface area contributed by atoms with Gasteiger partial charge in [0.15, 0.2) is 0 Å². The van der Waals surface area contributed by atoms with Crippen molar-refractivity contribution in [1.82, 2.24) is 0 Å². The SMILES string of the molecule is Fc1ccccc1Cc1ccco1. The van der Waals surface area contributed by atoms with Crippen LogP contribution in [-0.4, -0.2) is 0 Å². The minimum atomic E-state index is -0.182. The zero-order valence-electron chi connectivity index (χ0n) is 7.03. The average Bonchev–Trinajstić information content (AvgIpc) is 2.61. The van der Waals surface area contributed by atoms with Gasteiger partial charge in [-0.1, -0.05) is 18.2 Å². The molecule has 1 aromatic heterocycles. The summed E-state index contributed by atoms with van der Waals surface area (Å²) in [6.07, 6.45) is 2.11. The standard InChI is InChI=1S/C11H9FO/c12-11-6-2-1-4-9(11)8-10-5-3-7-13-10/h1-7H,8H2. The van der Waals surface area contributed by atoms with E-state index < -0.39 is 0 Å². The van der Waals surface area contributed by atoms with Crippen molar-refractivity contribution in [3.05, 3.63) is 59.8 Å². The van der Waals surface area contributed by atoms with E-state index in [2.05, 4.69) is 0 Å². The fourth-order valence-corrected chi connectivity index (χ4v) is 1.24. The second-order valence-electron chi connectivity index (χ2n) is 2.85. The highest BCUT2D eigenvalue weighted by Crippen LogP contribution is 2.12. The third kappa shape index (κ3) is 1.78. The van der Waals surface area contributed by atoms with Crippen LogP contribution in [0, 0.1) is 5.82 Å². The van der Waals surface area contributed by atoms with Gasteiger partial charge in [-0.05, 0) is 23.8 Å². The van der Waals surface area contributed by atoms with E-state index in [1.807, 2.05) is 12.1 Å². The molecule has 13 heavy (non-hydrogen) atoms. The lowest BCUT2D eigenvalue weighted by Crippen LogP contribution is -1.89. The first-order valence-electron chi connectivity index (χ1n) is 4.12. The summed E-state index contributed by atoms with van der Waals surface area (Å²) >= 11 is 0. The smallest absolute Gasteiger partial charge is 0.126 e. The third-order valence-electron chi connectivity index (χ3n) is 1.90. The molecular weight excluding hydrogens is 167 g/mol. The molecule has 1 aromatic carbocycles. The minimum Gasteiger partial charge on any atom is -0.469 e. The maximum atomic E-state index is 13.1. The molecule has 1 nitrogen and oxygen atoms in total. The number of hydrogen-bond acceptors (Lipinski definition) is 1. The Kier molecular flexibility index (Phi) is 2.13. The minimum absolute atomic E-state index is 0.182. The molecule has 0 amide bonds. The fourth-order valence-electron chi connectivity index (χ4n) is 1.24. The second kappa shape index (κ2) is 3.44. The van der Waals surface area contributed by atoms with Crippen molar-refractivity contribution in [2.24, 2.45) is 0 Å². The maximum absolute atomic E-state index is 13.1. The van der Waals surface area contributed by atoms with Crippen LogP contribution in [0.4, 0.5) is 4.39 Å². The van der Waals surface area contributed by atoms with Crippen molar-refractivity contribution in [2.75, 3.05) is 0 Å². The quantitative estimate of drug-likeness (QED) is 0.685. The monoisotopic (exact) mass is 176 g/mol. The van der Waals surface area contributed by atoms with Crippen LogP contribution in [0.5, 0.6) is 0 Å². The number of hydrogen-bond donors (Lipinski definition) is 0. The molecule has 2 aromatic rings. The van der Waals surface area contributed by atoms with Crippen LogP contribution in [0.2, 0.25) is 0 Å². The number of rotatable bonds is 2. The lowest BCUT2D eigenvalue weighted by atomic mass is 10.1. The maximum Gasteiger partial charge on any atom is 0.126 e. The molecule has 1 heterocycles. The van der Waals surface area contributed by atoms with E-state index in [1.165, 1.54) is 6.07 Å². The summed E-state index contributed by atoms with van der Waals surface area (Å²) in [5, 5.41) is 0. The Bertz CT molecular complexity index is 379. The van der Waals surface area contributed by atoms with E-state index in [-0.39, 0.29) is 5.82 Å². The summed E-state index contributed by atoms with van der Waals surface area (Å²) < 4.78 is 18.3. The van der Waals surface area contributed by atoms with E-state index in [4.69, 9.17) is 4.42 Å². The van der Waals surface area contributed by atoms with Crippen LogP contribution >= 0.6 is 0 Å². The molecule has 0 unspecified atom stereocenters. The van der Waals surface area contributed by atoms with Gasteiger partial charge in [0.1, 0.15) is 11.6 Å². The van der Waals surface area contributed by atoms with Gasteiger partial charge in [-0.15, -0.1) is 0 Å². The van der Waals surface area contributed by atoms with E-state index in [1.54, 1.807) is 24.5 Å². The molecule has 0 aliphatic rings. The molecule has 0 fully saturated rings. The lowest BCUT2D eigenvalue weighted by molar-refractivity contribution is 0.514. The van der Waals surface area contributed by atoms with Crippen LogP contribution in [-0.2, 0) is 6.42 Å². The molecule has 0 aliphatic carbocycles. The van der Waals surface area contributed by atoms with Gasteiger partial charge in [0, 0.05) is 6.42 Å². The predicted molar refractivity (Wildman–Crippen MR) is 47.9 cm³/mol. The molecule has 66 valence electrons. The Morgan fingerprint density at radius 3 is 2.62 bits per heavy atom. The molecule has 0 spiro atoms. The number of furan rings is 1. The van der Waals surface area contributed by atoms with Gasteiger partial charge >= 0.3 is 0 Å². The van der Waals surface area contributed by atoms with Crippen molar-refractivity contribution in [3.63, 3.8) is 0 Å². The Balaban J connectivity index is 2.24. The van der Waals surface area contributed by atoms with Gasteiger partial charge < -0.3 is 4.42 Å². The summed E-state index contributed by atoms with van der Waals surface area (Å²) in [5.41, 5.74) is 0.664. The molecule has 0 bridgehead atoms. The van der Waals surface area contributed by atoms with Gasteiger partial charge in [-0.3, -0.25) is 0 Å². The van der Waals surface area contributed by atoms with Gasteiger partial charge in [0.05, 0.1) is 6.26 Å². The zero-order valence-corrected chi connectivity index (χ0v) is 7.03. The molecule has 2 heteroatoms. The van der Waals surface area contributed by atoms with Gasteiger partial charge in [-0.2, -0.15) is 0 Å². The normalized spacial score (nSPS) is 10.2. The van der Waals surface area contributed by atoms with Crippen LogP contribution in [0.1, 0.15) is 11.3 Å². The van der Waals surface area contributed by atoms with Gasteiger partial charge in [0.2, 0.25) is 0 Å². The van der Waals surface area contributed by atoms with Gasteiger partial charge in [0.25, 0.3) is 0 Å². The van der Waals surface area contributed by atoms with Crippen molar-refractivity contribution in [1.29, 1.82) is 0 Å². The Morgan fingerprint density at radius 2 is 1.92 bits per heavy atom. The third-order valence-corrected chi connectivity index (χ3v) is 1.90. The topological polar surface area (TPSA) is 13.1 Å². The van der Waals surface area contributed by atoms with E-state index >= 15 is 0 Å². The van der Waals surface area contributed by atoms with Crippen molar-refractivity contribution in [2.45, 2.75) is 6.42 Å². The molecule has 0 atom stereocenters. The zero-order chi connectivity index (χ0) is 9.10. The van der Waals surface area contributed by atoms with Gasteiger partial charge in [-0.25, -0.2) is 4.39 Å². The Labute approximate surface area is 75.8 Å². The highest BCUT2D eigenvalue weighted by atomic mass is 19.1. The van der Waals surface area contributed by atoms with E-state index in [0.29, 0.717) is 12.0 Å². The molecule has 0 aliphatic heterocycles. The average molecular weight is 176 g/mol. The fraction of sp³-hybridized carbons (Fsp3) is 0.0909. The molecule has 2 rings (SSSR count). The molecule has 0 saturated carbocycles. The van der Waals surface area contributed by atoms with Crippen LogP contribution in [0.3, 0.4) is 0 Å². The summed E-state index contributed by atoms with van der Waals surface area (Å²) in [6, 6.07) is 10.4. The van der Waals surface area contributed by atoms with Crippen molar-refractivity contribution >= 4 is 0 Å². The first-order valence-corrected chi connectivity index (χ1v) is 4.12. The number of halogens is 1. The summed E-state index contributed by atoms with van der Waals surface area (Å²) in [7, 11) is 0. The highest BCUT2D eigenvalue weighted by Gasteiger charge is 2.02. The Morgan fingerprint density at radius 1 is 1.08 bits per heavy atom. The first kappa shape index (κ1) is 8.05. The molecule has 0 N–H and O–H groups in total. The van der Waals surface area contributed by atoms with Crippen LogP contribution < -0.4 is 0 Å². The van der Waals surface area contributed by atoms with Crippen LogP contribution in [0.25, 0.3) is 0 Å². The van der Waals surface area contributed by atoms with Crippen molar-refractivity contribution in [3.8, 4) is 0 Å². The summed E-state index contributed by atoms with van der Waals surface area (Å²) in [6.45, 7) is 0. The molecule has 0 radical (unpaired) electrons. The lowest BCUT2D eigenvalue weighted by Gasteiger charge is -1.98. The van der Waals surface area contributed by atoms with E-state index in [0.717, 1.165) is 5.76 Å². The predicted octanol–water partition coefficient (Wildman–Crippen LogP) is 3.01. The second-order valence-corrected chi connectivity index (χ2v) is 2.85. The van der Waals surface area contributed by atoms with Crippen molar-refractivity contribution < 1.29 is 8.81 Å². The van der Waals surface area contributed by atoms with E-state index in [9.17, 15) is 4.39 Å². The highest BCUT2D eigenvalue weighted by molar-refractivity contribution is 5.22. The molecular formula is C11H9FO.